The zero-order chi connectivity index (χ0) is 16.7. The van der Waals surface area contributed by atoms with Crippen LogP contribution in [0.1, 0.15) is 11.1 Å². The van der Waals surface area contributed by atoms with Crippen LogP contribution in [0.5, 0.6) is 0 Å². The highest BCUT2D eigenvalue weighted by atomic mass is 16.3. The van der Waals surface area contributed by atoms with Crippen LogP contribution < -0.4 is 5.43 Å². The highest BCUT2D eigenvalue weighted by Gasteiger charge is 2.18. The molecule has 118 valence electrons. The summed E-state index contributed by atoms with van der Waals surface area (Å²) in [6, 6.07) is 18.7. The molecule has 0 saturated carbocycles. The van der Waals surface area contributed by atoms with Crippen molar-refractivity contribution >= 4 is 11.0 Å². The van der Waals surface area contributed by atoms with E-state index in [1.54, 1.807) is 12.1 Å². The Hall–Kier alpha value is -2.91. The fraction of sp³-hybridized carbons (Fsp3) is 0.0952. The molecular weight excluding hydrogens is 300 g/mol. The third-order valence-corrected chi connectivity index (χ3v) is 4.31. The molecule has 3 heteroatoms. The molecule has 0 radical (unpaired) electrons. The van der Waals surface area contributed by atoms with Gasteiger partial charge in [-0.1, -0.05) is 36.4 Å². The Kier molecular flexibility index (Phi) is 3.44. The maximum absolute atomic E-state index is 11.8. The van der Waals surface area contributed by atoms with Gasteiger partial charge in [0.1, 0.15) is 11.3 Å². The average Bonchev–Trinajstić information content (AvgIpc) is 2.59. The van der Waals surface area contributed by atoms with E-state index in [1.807, 2.05) is 49.4 Å². The number of fused-ring (bicyclic) bond motifs is 2. The van der Waals surface area contributed by atoms with Crippen LogP contribution in [0.3, 0.4) is 0 Å². The average molecular weight is 316 g/mol. The number of hydrogen-bond donors (Lipinski definition) is 1. The van der Waals surface area contributed by atoms with Crippen molar-refractivity contribution in [3.05, 3.63) is 82.0 Å². The summed E-state index contributed by atoms with van der Waals surface area (Å²) in [6.07, 6.45) is 0. The zero-order valence-corrected chi connectivity index (χ0v) is 13.2. The van der Waals surface area contributed by atoms with Gasteiger partial charge in [-0.15, -0.1) is 0 Å². The van der Waals surface area contributed by atoms with Gasteiger partial charge in [0.05, 0.1) is 6.61 Å². The van der Waals surface area contributed by atoms with Crippen molar-refractivity contribution < 1.29 is 9.52 Å². The molecule has 0 amide bonds. The molecule has 4 rings (SSSR count). The van der Waals surface area contributed by atoms with E-state index in [0.717, 1.165) is 38.8 Å². The molecule has 0 fully saturated rings. The number of hydrogen-bond acceptors (Lipinski definition) is 3. The molecule has 0 bridgehead atoms. The van der Waals surface area contributed by atoms with Crippen LogP contribution in [-0.2, 0) is 6.61 Å². The minimum absolute atomic E-state index is 0.0449. The molecule has 2 aliphatic rings. The third kappa shape index (κ3) is 2.30. The van der Waals surface area contributed by atoms with Gasteiger partial charge in [0.15, 0.2) is 5.43 Å². The molecule has 2 aromatic rings. The van der Waals surface area contributed by atoms with Gasteiger partial charge in [0.2, 0.25) is 0 Å². The first-order chi connectivity index (χ1) is 11.7. The SMILES string of the molecule is Cc1ccc2c(-c3ccccc3CO)c3ccc(=O)cc-3oc2c1. The maximum Gasteiger partial charge on any atom is 0.182 e. The molecule has 0 aromatic heterocycles. The van der Waals surface area contributed by atoms with E-state index >= 15 is 0 Å². The van der Waals surface area contributed by atoms with Crippen LogP contribution in [-0.4, -0.2) is 5.11 Å². The Balaban J connectivity index is 2.21. The molecule has 0 saturated heterocycles. The van der Waals surface area contributed by atoms with Crippen molar-refractivity contribution in [1.82, 2.24) is 0 Å². The quantitative estimate of drug-likeness (QED) is 0.559. The van der Waals surface area contributed by atoms with E-state index in [-0.39, 0.29) is 12.0 Å². The van der Waals surface area contributed by atoms with Gasteiger partial charge in [-0.05, 0) is 41.8 Å². The summed E-state index contributed by atoms with van der Waals surface area (Å²) < 4.78 is 5.98. The van der Waals surface area contributed by atoms with Crippen molar-refractivity contribution in [2.45, 2.75) is 13.5 Å². The van der Waals surface area contributed by atoms with E-state index in [9.17, 15) is 9.90 Å². The number of benzene rings is 3. The smallest absolute Gasteiger partial charge is 0.182 e. The Labute approximate surface area is 139 Å². The second-order valence-corrected chi connectivity index (χ2v) is 5.95. The number of aryl methyl sites for hydroxylation is 1. The molecule has 0 spiro atoms. The molecule has 1 heterocycles. The molecule has 0 atom stereocenters. The van der Waals surface area contributed by atoms with Gasteiger partial charge in [-0.2, -0.15) is 0 Å². The molecule has 0 unspecified atom stereocenters. The lowest BCUT2D eigenvalue weighted by molar-refractivity contribution is 0.282. The fourth-order valence-corrected chi connectivity index (χ4v) is 3.17. The summed E-state index contributed by atoms with van der Waals surface area (Å²) >= 11 is 0. The van der Waals surface area contributed by atoms with Crippen molar-refractivity contribution in [2.75, 3.05) is 0 Å². The Morgan fingerprint density at radius 1 is 0.958 bits per heavy atom. The molecule has 1 aliphatic carbocycles. The van der Waals surface area contributed by atoms with Gasteiger partial charge in [0.25, 0.3) is 0 Å². The van der Waals surface area contributed by atoms with Gasteiger partial charge < -0.3 is 9.52 Å². The largest absolute Gasteiger partial charge is 0.456 e. The van der Waals surface area contributed by atoms with Crippen molar-refractivity contribution in [3.8, 4) is 22.5 Å². The van der Waals surface area contributed by atoms with E-state index in [1.165, 1.54) is 6.07 Å². The molecule has 24 heavy (non-hydrogen) atoms. The Morgan fingerprint density at radius 3 is 2.62 bits per heavy atom. The zero-order valence-electron chi connectivity index (χ0n) is 13.2. The normalized spacial score (nSPS) is 11.2. The number of aliphatic hydroxyl groups excluding tert-OH is 1. The second-order valence-electron chi connectivity index (χ2n) is 5.95. The maximum atomic E-state index is 11.8. The highest BCUT2D eigenvalue weighted by molar-refractivity contribution is 6.02. The van der Waals surface area contributed by atoms with Crippen LogP contribution in [0, 0.1) is 6.92 Å². The standard InChI is InChI=1S/C21H16O3/c1-13-6-8-17-19(10-13)24-20-11-15(23)7-9-18(20)21(17)16-5-3-2-4-14(16)12-22/h2-11,22H,12H2,1H3. The summed E-state index contributed by atoms with van der Waals surface area (Å²) in [4.78, 5) is 11.8. The first kappa shape index (κ1) is 14.7. The summed E-state index contributed by atoms with van der Waals surface area (Å²) in [7, 11) is 0. The number of rotatable bonds is 2. The Morgan fingerprint density at radius 2 is 1.79 bits per heavy atom. The van der Waals surface area contributed by atoms with Gasteiger partial charge in [-0.3, -0.25) is 4.79 Å². The first-order valence-corrected chi connectivity index (χ1v) is 7.84. The fourth-order valence-electron chi connectivity index (χ4n) is 3.17. The van der Waals surface area contributed by atoms with Crippen LogP contribution in [0.15, 0.2) is 69.9 Å². The molecular formula is C21H16O3. The third-order valence-electron chi connectivity index (χ3n) is 4.31. The molecule has 1 aliphatic heterocycles. The lowest BCUT2D eigenvalue weighted by atomic mass is 9.91. The summed E-state index contributed by atoms with van der Waals surface area (Å²) in [5.74, 6) is 0.559. The van der Waals surface area contributed by atoms with Crippen LogP contribution in [0.4, 0.5) is 0 Å². The van der Waals surface area contributed by atoms with Crippen LogP contribution >= 0.6 is 0 Å². The van der Waals surface area contributed by atoms with E-state index < -0.39 is 0 Å². The van der Waals surface area contributed by atoms with Gasteiger partial charge >= 0.3 is 0 Å². The topological polar surface area (TPSA) is 50.4 Å². The lowest BCUT2D eigenvalue weighted by Crippen LogP contribution is -2.00. The minimum Gasteiger partial charge on any atom is -0.456 e. The summed E-state index contributed by atoms with van der Waals surface area (Å²) in [6.45, 7) is 1.96. The molecule has 2 aromatic carbocycles. The highest BCUT2D eigenvalue weighted by Crippen LogP contribution is 2.41. The van der Waals surface area contributed by atoms with Crippen LogP contribution in [0.25, 0.3) is 33.4 Å². The van der Waals surface area contributed by atoms with Gasteiger partial charge in [-0.25, -0.2) is 0 Å². The van der Waals surface area contributed by atoms with Crippen molar-refractivity contribution in [2.24, 2.45) is 0 Å². The molecule has 3 nitrogen and oxygen atoms in total. The van der Waals surface area contributed by atoms with Crippen LogP contribution in [0.2, 0.25) is 0 Å². The van der Waals surface area contributed by atoms with Crippen molar-refractivity contribution in [3.63, 3.8) is 0 Å². The monoisotopic (exact) mass is 316 g/mol. The Bertz CT molecular complexity index is 1080. The number of aliphatic hydroxyl groups is 1. The summed E-state index contributed by atoms with van der Waals surface area (Å²) in [5, 5.41) is 10.7. The first-order valence-electron chi connectivity index (χ1n) is 7.84. The lowest BCUT2D eigenvalue weighted by Gasteiger charge is -2.17. The van der Waals surface area contributed by atoms with E-state index in [0.29, 0.717) is 5.76 Å². The molecule has 1 N–H and O–H groups in total. The van der Waals surface area contributed by atoms with Crippen molar-refractivity contribution in [1.29, 1.82) is 0 Å². The van der Waals surface area contributed by atoms with Gasteiger partial charge in [0, 0.05) is 22.6 Å². The second kappa shape index (κ2) is 5.62. The van der Waals surface area contributed by atoms with E-state index in [4.69, 9.17) is 4.42 Å². The predicted molar refractivity (Wildman–Crippen MR) is 95.2 cm³/mol. The minimum atomic E-state index is -0.0837. The summed E-state index contributed by atoms with van der Waals surface area (Å²) in [5.41, 5.74) is 5.38. The predicted octanol–water partition coefficient (Wildman–Crippen LogP) is 4.37. The van der Waals surface area contributed by atoms with E-state index in [2.05, 4.69) is 0 Å².